The van der Waals surface area contributed by atoms with Crippen LogP contribution in [0.25, 0.3) is 11.3 Å². The molecule has 3 aromatic rings. The second-order valence-corrected chi connectivity index (χ2v) is 7.16. The first-order valence-electron chi connectivity index (χ1n) is 9.07. The minimum absolute atomic E-state index is 0.690. The van der Waals surface area contributed by atoms with Crippen molar-refractivity contribution in [3.63, 3.8) is 0 Å². The van der Waals surface area contributed by atoms with Crippen molar-refractivity contribution in [2.45, 2.75) is 26.3 Å². The number of anilines is 1. The molecule has 138 valence electrons. The molecule has 0 radical (unpaired) electrons. The fourth-order valence-corrected chi connectivity index (χ4v) is 3.66. The molecule has 0 N–H and O–H groups in total. The van der Waals surface area contributed by atoms with Crippen LogP contribution in [-0.4, -0.2) is 18.6 Å². The summed E-state index contributed by atoms with van der Waals surface area (Å²) in [5.74, 6) is 0.847. The molecule has 0 aliphatic rings. The minimum Gasteiger partial charge on any atom is -0.497 e. The van der Waals surface area contributed by atoms with E-state index in [2.05, 4.69) is 23.3 Å². The number of benzene rings is 2. The Bertz CT molecular complexity index is 895. The van der Waals surface area contributed by atoms with Crippen LogP contribution >= 0.6 is 11.3 Å². The van der Waals surface area contributed by atoms with Crippen LogP contribution in [0, 0.1) is 11.3 Å². The predicted molar refractivity (Wildman–Crippen MR) is 111 cm³/mol. The van der Waals surface area contributed by atoms with Crippen LogP contribution in [0.15, 0.2) is 53.9 Å². The second-order valence-electron chi connectivity index (χ2n) is 6.33. The topological polar surface area (TPSA) is 49.2 Å². The van der Waals surface area contributed by atoms with E-state index in [4.69, 9.17) is 15.0 Å². The first-order chi connectivity index (χ1) is 13.2. The predicted octanol–water partition coefficient (Wildman–Crippen LogP) is 5.50. The van der Waals surface area contributed by atoms with Gasteiger partial charge >= 0.3 is 0 Å². The maximum atomic E-state index is 8.97. The van der Waals surface area contributed by atoms with Gasteiger partial charge in [-0.3, -0.25) is 0 Å². The molecule has 4 nitrogen and oxygen atoms in total. The minimum atomic E-state index is 0.690. The molecule has 0 aliphatic carbocycles. The molecule has 0 bridgehead atoms. The van der Waals surface area contributed by atoms with Crippen LogP contribution in [-0.2, 0) is 6.54 Å². The van der Waals surface area contributed by atoms with Gasteiger partial charge in [0.05, 0.1) is 24.4 Å². The van der Waals surface area contributed by atoms with Gasteiger partial charge in [-0.1, -0.05) is 25.5 Å². The molecule has 5 heteroatoms. The number of hydrogen-bond acceptors (Lipinski definition) is 5. The van der Waals surface area contributed by atoms with E-state index >= 15 is 0 Å². The average Bonchev–Trinajstić information content (AvgIpc) is 3.21. The van der Waals surface area contributed by atoms with E-state index in [0.29, 0.717) is 5.56 Å². The Morgan fingerprint density at radius 2 is 1.85 bits per heavy atom. The van der Waals surface area contributed by atoms with Crippen LogP contribution in [0.1, 0.15) is 30.9 Å². The summed E-state index contributed by atoms with van der Waals surface area (Å²) in [4.78, 5) is 7.19. The summed E-state index contributed by atoms with van der Waals surface area (Å²) in [5, 5.41) is 12.1. The van der Waals surface area contributed by atoms with Gasteiger partial charge < -0.3 is 9.64 Å². The van der Waals surface area contributed by atoms with Gasteiger partial charge in [-0.15, -0.1) is 11.3 Å². The molecule has 0 saturated carbocycles. The van der Waals surface area contributed by atoms with Crippen molar-refractivity contribution in [2.75, 3.05) is 18.6 Å². The summed E-state index contributed by atoms with van der Waals surface area (Å²) in [6, 6.07) is 18.0. The molecule has 27 heavy (non-hydrogen) atoms. The summed E-state index contributed by atoms with van der Waals surface area (Å²) in [6.07, 6.45) is 2.26. The number of methoxy groups -OCH3 is 1. The van der Waals surface area contributed by atoms with Crippen LogP contribution in [0.4, 0.5) is 5.13 Å². The maximum absolute atomic E-state index is 8.97. The third-order valence-corrected chi connectivity index (χ3v) is 5.29. The fraction of sp³-hybridized carbons (Fsp3) is 0.273. The maximum Gasteiger partial charge on any atom is 0.186 e. The van der Waals surface area contributed by atoms with Gasteiger partial charge in [-0.25, -0.2) is 4.98 Å². The van der Waals surface area contributed by atoms with Crippen LogP contribution in [0.2, 0.25) is 0 Å². The van der Waals surface area contributed by atoms with Crippen molar-refractivity contribution in [1.82, 2.24) is 4.98 Å². The molecule has 0 spiro atoms. The molecule has 1 aromatic heterocycles. The standard InChI is InChI=1S/C22H23N3OS/c1-3-4-13-25(15-18-7-5-17(14-23)6-8-18)22-24-21(16-27-22)19-9-11-20(26-2)12-10-19/h5-12,16H,3-4,13,15H2,1-2H3. The highest BCUT2D eigenvalue weighted by Crippen LogP contribution is 2.29. The molecule has 1 heterocycles. The number of thiazole rings is 1. The van der Waals surface area contributed by atoms with E-state index in [0.717, 1.165) is 48.1 Å². The van der Waals surface area contributed by atoms with Crippen molar-refractivity contribution in [2.24, 2.45) is 0 Å². The van der Waals surface area contributed by atoms with E-state index in [1.807, 2.05) is 48.5 Å². The van der Waals surface area contributed by atoms with Gasteiger partial charge in [0.15, 0.2) is 5.13 Å². The van der Waals surface area contributed by atoms with Crippen molar-refractivity contribution < 1.29 is 4.74 Å². The van der Waals surface area contributed by atoms with Gasteiger partial charge in [0.2, 0.25) is 0 Å². The van der Waals surface area contributed by atoms with Crippen molar-refractivity contribution in [1.29, 1.82) is 5.26 Å². The summed E-state index contributed by atoms with van der Waals surface area (Å²) in [7, 11) is 1.67. The zero-order chi connectivity index (χ0) is 19.1. The quantitative estimate of drug-likeness (QED) is 0.520. The van der Waals surface area contributed by atoms with Gasteiger partial charge in [-0.05, 0) is 48.4 Å². The molecule has 2 aromatic carbocycles. The Morgan fingerprint density at radius 3 is 2.48 bits per heavy atom. The SMILES string of the molecule is CCCCN(Cc1ccc(C#N)cc1)c1nc(-c2ccc(OC)cc2)cs1. The lowest BCUT2D eigenvalue weighted by Gasteiger charge is -2.21. The second kappa shape index (κ2) is 9.20. The van der Waals surface area contributed by atoms with Crippen LogP contribution in [0.5, 0.6) is 5.75 Å². The Morgan fingerprint density at radius 1 is 1.11 bits per heavy atom. The Hall–Kier alpha value is -2.84. The Balaban J connectivity index is 1.79. The first kappa shape index (κ1) is 18.9. The van der Waals surface area contributed by atoms with E-state index in [-0.39, 0.29) is 0 Å². The largest absolute Gasteiger partial charge is 0.497 e. The number of unbranched alkanes of at least 4 members (excludes halogenated alkanes) is 1. The van der Waals surface area contributed by atoms with Crippen molar-refractivity contribution in [3.8, 4) is 23.1 Å². The number of hydrogen-bond donors (Lipinski definition) is 0. The highest BCUT2D eigenvalue weighted by molar-refractivity contribution is 7.14. The lowest BCUT2D eigenvalue weighted by atomic mass is 10.1. The zero-order valence-corrected chi connectivity index (χ0v) is 16.5. The third kappa shape index (κ3) is 4.87. The molecular weight excluding hydrogens is 354 g/mol. The molecule has 0 amide bonds. The molecule has 0 atom stereocenters. The zero-order valence-electron chi connectivity index (χ0n) is 15.7. The molecule has 0 fully saturated rings. The van der Waals surface area contributed by atoms with E-state index < -0.39 is 0 Å². The van der Waals surface area contributed by atoms with Gasteiger partial charge in [0.1, 0.15) is 5.75 Å². The summed E-state index contributed by atoms with van der Waals surface area (Å²) in [5.41, 5.74) is 3.95. The van der Waals surface area contributed by atoms with Crippen LogP contribution < -0.4 is 9.64 Å². The first-order valence-corrected chi connectivity index (χ1v) is 9.95. The van der Waals surface area contributed by atoms with Gasteiger partial charge in [0.25, 0.3) is 0 Å². The number of ether oxygens (including phenoxy) is 1. The van der Waals surface area contributed by atoms with E-state index in [9.17, 15) is 0 Å². The summed E-state index contributed by atoms with van der Waals surface area (Å²) >= 11 is 1.67. The van der Waals surface area contributed by atoms with E-state index in [1.165, 1.54) is 5.56 Å². The number of nitrogens with zero attached hydrogens (tertiary/aromatic N) is 3. The Kier molecular flexibility index (Phi) is 6.45. The monoisotopic (exact) mass is 377 g/mol. The summed E-state index contributed by atoms with van der Waals surface area (Å²) in [6.45, 7) is 3.96. The number of aromatic nitrogens is 1. The van der Waals surface area contributed by atoms with Crippen molar-refractivity contribution >= 4 is 16.5 Å². The van der Waals surface area contributed by atoms with Crippen LogP contribution in [0.3, 0.4) is 0 Å². The molecule has 0 unspecified atom stereocenters. The van der Waals surface area contributed by atoms with E-state index in [1.54, 1.807) is 18.4 Å². The van der Waals surface area contributed by atoms with Gasteiger partial charge in [0, 0.05) is 24.0 Å². The van der Waals surface area contributed by atoms with Gasteiger partial charge in [-0.2, -0.15) is 5.26 Å². The molecule has 3 rings (SSSR count). The number of rotatable bonds is 8. The highest BCUT2D eigenvalue weighted by atomic mass is 32.1. The lowest BCUT2D eigenvalue weighted by molar-refractivity contribution is 0.415. The molecule has 0 saturated heterocycles. The highest BCUT2D eigenvalue weighted by Gasteiger charge is 2.13. The molecular formula is C22H23N3OS. The number of nitriles is 1. The molecule has 0 aliphatic heterocycles. The Labute approximate surface area is 164 Å². The van der Waals surface area contributed by atoms with Crippen molar-refractivity contribution in [3.05, 3.63) is 65.0 Å². The normalized spacial score (nSPS) is 10.4. The smallest absolute Gasteiger partial charge is 0.186 e. The third-order valence-electron chi connectivity index (χ3n) is 4.39. The average molecular weight is 378 g/mol. The fourth-order valence-electron chi connectivity index (χ4n) is 2.80. The lowest BCUT2D eigenvalue weighted by Crippen LogP contribution is -2.23. The summed E-state index contributed by atoms with van der Waals surface area (Å²) < 4.78 is 5.23.